The summed E-state index contributed by atoms with van der Waals surface area (Å²) in [4.78, 5) is 2.21. The van der Waals surface area contributed by atoms with E-state index in [1.807, 2.05) is 0 Å². The van der Waals surface area contributed by atoms with Gasteiger partial charge in [0.1, 0.15) is 0 Å². The molecule has 0 aliphatic heterocycles. The highest BCUT2D eigenvalue weighted by Crippen LogP contribution is 2.32. The van der Waals surface area contributed by atoms with E-state index in [4.69, 9.17) is 5.26 Å². The van der Waals surface area contributed by atoms with Gasteiger partial charge in [0, 0.05) is 0 Å². The smallest absolute Gasteiger partial charge is 0.0865 e. The molecule has 1 aliphatic carbocycles. The van der Waals surface area contributed by atoms with Crippen molar-refractivity contribution in [3.8, 4) is 6.07 Å². The Labute approximate surface area is 68.8 Å². The molecular formula is C9H16N2. The van der Waals surface area contributed by atoms with E-state index in [0.29, 0.717) is 6.54 Å². The fourth-order valence-corrected chi connectivity index (χ4v) is 1.22. The largest absolute Gasteiger partial charge is 0.291 e. The van der Waals surface area contributed by atoms with E-state index in [0.717, 1.165) is 19.0 Å². The maximum Gasteiger partial charge on any atom is 0.0865 e. The van der Waals surface area contributed by atoms with Crippen molar-refractivity contribution >= 4 is 0 Å². The molecule has 1 saturated carbocycles. The van der Waals surface area contributed by atoms with Crippen LogP contribution in [0.15, 0.2) is 0 Å². The van der Waals surface area contributed by atoms with Gasteiger partial charge in [-0.15, -0.1) is 0 Å². The molecular weight excluding hydrogens is 136 g/mol. The molecule has 1 rings (SSSR count). The highest BCUT2D eigenvalue weighted by molar-refractivity contribution is 4.79. The number of hydrogen-bond donors (Lipinski definition) is 0. The molecule has 0 radical (unpaired) electrons. The van der Waals surface area contributed by atoms with E-state index in [2.05, 4.69) is 17.9 Å². The quantitative estimate of drug-likeness (QED) is 0.560. The molecule has 0 bridgehead atoms. The lowest BCUT2D eigenvalue weighted by molar-refractivity contribution is 0.311. The minimum Gasteiger partial charge on any atom is -0.291 e. The van der Waals surface area contributed by atoms with E-state index in [-0.39, 0.29) is 0 Å². The fourth-order valence-electron chi connectivity index (χ4n) is 1.22. The van der Waals surface area contributed by atoms with Gasteiger partial charge in [-0.25, -0.2) is 0 Å². The first-order valence-corrected chi connectivity index (χ1v) is 4.46. The zero-order valence-corrected chi connectivity index (χ0v) is 7.21. The van der Waals surface area contributed by atoms with Gasteiger partial charge in [0.2, 0.25) is 0 Å². The Morgan fingerprint density at radius 3 is 2.73 bits per heavy atom. The molecule has 0 saturated heterocycles. The van der Waals surface area contributed by atoms with Crippen LogP contribution in [0.3, 0.4) is 0 Å². The normalized spacial score (nSPS) is 16.8. The van der Waals surface area contributed by atoms with Crippen molar-refractivity contribution in [2.24, 2.45) is 5.92 Å². The van der Waals surface area contributed by atoms with Crippen molar-refractivity contribution in [2.45, 2.75) is 26.2 Å². The third-order valence-electron chi connectivity index (χ3n) is 2.29. The van der Waals surface area contributed by atoms with Crippen molar-refractivity contribution in [3.05, 3.63) is 0 Å². The summed E-state index contributed by atoms with van der Waals surface area (Å²) in [7, 11) is 0. The van der Waals surface area contributed by atoms with Crippen molar-refractivity contribution in [3.63, 3.8) is 0 Å². The van der Waals surface area contributed by atoms with Gasteiger partial charge in [-0.2, -0.15) is 5.26 Å². The molecule has 0 atom stereocenters. The predicted octanol–water partition coefficient (Wildman–Crippen LogP) is 1.63. The second-order valence-corrected chi connectivity index (χ2v) is 3.26. The Kier molecular flexibility index (Phi) is 3.38. The zero-order valence-electron chi connectivity index (χ0n) is 7.21. The van der Waals surface area contributed by atoms with Gasteiger partial charge in [-0.1, -0.05) is 19.8 Å². The second kappa shape index (κ2) is 4.35. The van der Waals surface area contributed by atoms with Gasteiger partial charge in [0.05, 0.1) is 12.6 Å². The van der Waals surface area contributed by atoms with Crippen LogP contribution in [-0.2, 0) is 0 Å². The molecule has 0 amide bonds. The molecule has 11 heavy (non-hydrogen) atoms. The first-order chi connectivity index (χ1) is 5.36. The minimum absolute atomic E-state index is 0.600. The van der Waals surface area contributed by atoms with Crippen LogP contribution < -0.4 is 0 Å². The van der Waals surface area contributed by atoms with Crippen molar-refractivity contribution in [1.29, 1.82) is 5.26 Å². The van der Waals surface area contributed by atoms with Gasteiger partial charge in [-0.05, 0) is 25.4 Å². The highest BCUT2D eigenvalue weighted by atomic mass is 15.1. The molecule has 0 unspecified atom stereocenters. The van der Waals surface area contributed by atoms with Gasteiger partial charge in [0.15, 0.2) is 0 Å². The molecule has 0 aromatic heterocycles. The van der Waals surface area contributed by atoms with E-state index < -0.39 is 0 Å². The lowest BCUT2D eigenvalue weighted by atomic mass is 10.3. The maximum atomic E-state index is 8.46. The average Bonchev–Trinajstić information content (AvgIpc) is 2.81. The van der Waals surface area contributed by atoms with E-state index in [9.17, 15) is 0 Å². The van der Waals surface area contributed by atoms with Gasteiger partial charge in [-0.3, -0.25) is 4.90 Å². The Hall–Kier alpha value is -0.550. The average molecular weight is 152 g/mol. The summed E-state index contributed by atoms with van der Waals surface area (Å²) in [5.41, 5.74) is 0. The molecule has 0 N–H and O–H groups in total. The molecule has 62 valence electrons. The number of nitriles is 1. The number of nitrogens with zero attached hydrogens (tertiary/aromatic N) is 2. The summed E-state index contributed by atoms with van der Waals surface area (Å²) in [6, 6.07) is 2.19. The lowest BCUT2D eigenvalue weighted by Gasteiger charge is -2.15. The Morgan fingerprint density at radius 2 is 2.27 bits per heavy atom. The van der Waals surface area contributed by atoms with Crippen LogP contribution in [0, 0.1) is 17.2 Å². The van der Waals surface area contributed by atoms with Crippen LogP contribution in [-0.4, -0.2) is 24.5 Å². The monoisotopic (exact) mass is 152 g/mol. The topological polar surface area (TPSA) is 27.0 Å². The number of rotatable bonds is 5. The Bertz CT molecular complexity index is 144. The fraction of sp³-hybridized carbons (Fsp3) is 0.889. The van der Waals surface area contributed by atoms with E-state index >= 15 is 0 Å². The van der Waals surface area contributed by atoms with Gasteiger partial charge < -0.3 is 0 Å². The van der Waals surface area contributed by atoms with Crippen LogP contribution in [0.5, 0.6) is 0 Å². The molecule has 0 aromatic carbocycles. The summed E-state index contributed by atoms with van der Waals surface area (Å²) >= 11 is 0. The van der Waals surface area contributed by atoms with Gasteiger partial charge >= 0.3 is 0 Å². The summed E-state index contributed by atoms with van der Waals surface area (Å²) in [6.07, 6.45) is 4.14. The first-order valence-electron chi connectivity index (χ1n) is 4.46. The van der Waals surface area contributed by atoms with Crippen LogP contribution in [0.2, 0.25) is 0 Å². The third kappa shape index (κ3) is 3.38. The predicted molar refractivity (Wildman–Crippen MR) is 45.1 cm³/mol. The standard InChI is InChI=1S/C9H16N2/c1-2-11(8-6-10)7-5-9-3-4-9/h9H,2-5,7-8H2,1H3. The molecule has 1 fully saturated rings. The molecule has 2 nitrogen and oxygen atoms in total. The maximum absolute atomic E-state index is 8.46. The van der Waals surface area contributed by atoms with E-state index in [1.165, 1.54) is 19.3 Å². The second-order valence-electron chi connectivity index (χ2n) is 3.26. The van der Waals surface area contributed by atoms with Crippen LogP contribution in [0.25, 0.3) is 0 Å². The summed E-state index contributed by atoms with van der Waals surface area (Å²) < 4.78 is 0. The van der Waals surface area contributed by atoms with E-state index in [1.54, 1.807) is 0 Å². The molecule has 0 heterocycles. The highest BCUT2D eigenvalue weighted by Gasteiger charge is 2.21. The Morgan fingerprint density at radius 1 is 1.55 bits per heavy atom. The Balaban J connectivity index is 2.04. The molecule has 0 spiro atoms. The summed E-state index contributed by atoms with van der Waals surface area (Å²) in [5, 5.41) is 8.46. The van der Waals surface area contributed by atoms with Crippen molar-refractivity contribution in [2.75, 3.05) is 19.6 Å². The number of hydrogen-bond acceptors (Lipinski definition) is 2. The molecule has 1 aliphatic rings. The molecule has 2 heteroatoms. The summed E-state index contributed by atoms with van der Waals surface area (Å²) in [5.74, 6) is 0.989. The summed E-state index contributed by atoms with van der Waals surface area (Å²) in [6.45, 7) is 4.85. The van der Waals surface area contributed by atoms with Crippen molar-refractivity contribution < 1.29 is 0 Å². The third-order valence-corrected chi connectivity index (χ3v) is 2.29. The lowest BCUT2D eigenvalue weighted by Crippen LogP contribution is -2.25. The molecule has 0 aromatic rings. The van der Waals surface area contributed by atoms with Gasteiger partial charge in [0.25, 0.3) is 0 Å². The minimum atomic E-state index is 0.600. The van der Waals surface area contributed by atoms with Crippen LogP contribution in [0.4, 0.5) is 0 Å². The van der Waals surface area contributed by atoms with Crippen molar-refractivity contribution in [1.82, 2.24) is 4.90 Å². The van der Waals surface area contributed by atoms with Crippen LogP contribution >= 0.6 is 0 Å². The SMILES string of the molecule is CCN(CC#N)CCC1CC1. The van der Waals surface area contributed by atoms with Crippen LogP contribution in [0.1, 0.15) is 26.2 Å². The first kappa shape index (κ1) is 8.55. The zero-order chi connectivity index (χ0) is 8.10.